The van der Waals surface area contributed by atoms with E-state index < -0.39 is 11.5 Å². The van der Waals surface area contributed by atoms with Crippen LogP contribution in [0.1, 0.15) is 19.3 Å². The second-order valence-electron chi connectivity index (χ2n) is 7.38. The van der Waals surface area contributed by atoms with Crippen molar-refractivity contribution >= 4 is 11.8 Å². The standard InChI is InChI=1S/C20H24N4O3/c25-16-7-11-24(14-20(16)8-4-9-22-19(20)27)17(26)13-23-12-10-21-18(23)15-5-2-1-3-6-15/h1-3,5-6,10,12,16,25H,4,7-9,11,13-14H2,(H,22,27)/t16-,20+/m0/s1. The highest BCUT2D eigenvalue weighted by Crippen LogP contribution is 2.37. The predicted molar refractivity (Wildman–Crippen MR) is 99.5 cm³/mol. The quantitative estimate of drug-likeness (QED) is 0.847. The summed E-state index contributed by atoms with van der Waals surface area (Å²) in [7, 11) is 0. The molecular formula is C20H24N4O3. The fraction of sp³-hybridized carbons (Fsp3) is 0.450. The van der Waals surface area contributed by atoms with Crippen LogP contribution in [0, 0.1) is 5.41 Å². The van der Waals surface area contributed by atoms with Gasteiger partial charge in [-0.2, -0.15) is 0 Å². The van der Waals surface area contributed by atoms with Crippen LogP contribution in [0.3, 0.4) is 0 Å². The van der Waals surface area contributed by atoms with Crippen LogP contribution in [0.15, 0.2) is 42.7 Å². The minimum atomic E-state index is -0.872. The minimum absolute atomic E-state index is 0.0603. The van der Waals surface area contributed by atoms with E-state index in [0.29, 0.717) is 25.9 Å². The molecule has 3 heterocycles. The van der Waals surface area contributed by atoms with E-state index in [4.69, 9.17) is 0 Å². The van der Waals surface area contributed by atoms with Gasteiger partial charge < -0.3 is 19.9 Å². The number of hydrogen-bond acceptors (Lipinski definition) is 4. The maximum Gasteiger partial charge on any atom is 0.242 e. The lowest BCUT2D eigenvalue weighted by molar-refractivity contribution is -0.155. The number of hydrogen-bond donors (Lipinski definition) is 2. The van der Waals surface area contributed by atoms with Gasteiger partial charge in [-0.25, -0.2) is 4.98 Å². The summed E-state index contributed by atoms with van der Waals surface area (Å²) in [4.78, 5) is 31.5. The molecule has 27 heavy (non-hydrogen) atoms. The molecule has 7 heteroatoms. The number of carbonyl (C=O) groups is 2. The van der Waals surface area contributed by atoms with Gasteiger partial charge in [-0.3, -0.25) is 9.59 Å². The molecule has 2 aliphatic rings. The van der Waals surface area contributed by atoms with Crippen LogP contribution < -0.4 is 5.32 Å². The van der Waals surface area contributed by atoms with Gasteiger partial charge in [0.15, 0.2) is 0 Å². The number of imidazole rings is 1. The number of piperidine rings is 2. The molecule has 2 N–H and O–H groups in total. The van der Waals surface area contributed by atoms with Crippen molar-refractivity contribution in [2.75, 3.05) is 19.6 Å². The predicted octanol–water partition coefficient (Wildman–Crippen LogP) is 1.04. The van der Waals surface area contributed by atoms with Gasteiger partial charge in [-0.15, -0.1) is 0 Å². The van der Waals surface area contributed by atoms with E-state index in [1.807, 2.05) is 34.9 Å². The van der Waals surface area contributed by atoms with Crippen molar-refractivity contribution in [1.82, 2.24) is 19.8 Å². The Hall–Kier alpha value is -2.67. The number of nitrogens with one attached hydrogen (secondary N) is 1. The highest BCUT2D eigenvalue weighted by molar-refractivity contribution is 5.86. The number of likely N-dealkylation sites (tertiary alicyclic amines) is 1. The second kappa shape index (κ2) is 7.15. The third kappa shape index (κ3) is 3.23. The number of amides is 2. The van der Waals surface area contributed by atoms with Crippen LogP contribution in [0.5, 0.6) is 0 Å². The van der Waals surface area contributed by atoms with E-state index in [1.165, 1.54) is 0 Å². The Labute approximate surface area is 158 Å². The molecule has 0 aliphatic carbocycles. The Balaban J connectivity index is 1.51. The van der Waals surface area contributed by atoms with E-state index in [1.54, 1.807) is 17.3 Å². The summed E-state index contributed by atoms with van der Waals surface area (Å²) >= 11 is 0. The van der Waals surface area contributed by atoms with Crippen molar-refractivity contribution in [3.8, 4) is 11.4 Å². The molecular weight excluding hydrogens is 344 g/mol. The first-order valence-electron chi connectivity index (χ1n) is 9.41. The summed E-state index contributed by atoms with van der Waals surface area (Å²) in [5.74, 6) is 0.548. The summed E-state index contributed by atoms with van der Waals surface area (Å²) in [6, 6.07) is 9.74. The summed E-state index contributed by atoms with van der Waals surface area (Å²) in [5.41, 5.74) is 0.0797. The lowest BCUT2D eigenvalue weighted by atomic mass is 9.71. The monoisotopic (exact) mass is 368 g/mol. The van der Waals surface area contributed by atoms with Crippen LogP contribution in [-0.4, -0.2) is 57.1 Å². The maximum absolute atomic E-state index is 13.0. The normalized spacial score (nSPS) is 25.4. The molecule has 142 valence electrons. The molecule has 0 radical (unpaired) electrons. The third-order valence-corrected chi connectivity index (χ3v) is 5.73. The third-order valence-electron chi connectivity index (χ3n) is 5.73. The van der Waals surface area contributed by atoms with Crippen LogP contribution in [0.2, 0.25) is 0 Å². The molecule has 7 nitrogen and oxygen atoms in total. The summed E-state index contributed by atoms with van der Waals surface area (Å²) in [6.07, 6.45) is 4.65. The molecule has 0 unspecified atom stereocenters. The van der Waals surface area contributed by atoms with Crippen molar-refractivity contribution in [1.29, 1.82) is 0 Å². The van der Waals surface area contributed by atoms with Crippen molar-refractivity contribution in [3.05, 3.63) is 42.7 Å². The Morgan fingerprint density at radius 3 is 2.93 bits per heavy atom. The van der Waals surface area contributed by atoms with Gasteiger partial charge in [0.05, 0.1) is 11.5 Å². The Morgan fingerprint density at radius 2 is 2.15 bits per heavy atom. The number of benzene rings is 1. The van der Waals surface area contributed by atoms with Crippen LogP contribution in [0.4, 0.5) is 0 Å². The van der Waals surface area contributed by atoms with Crippen molar-refractivity contribution < 1.29 is 14.7 Å². The maximum atomic E-state index is 13.0. The van der Waals surface area contributed by atoms with Crippen molar-refractivity contribution in [3.63, 3.8) is 0 Å². The second-order valence-corrected chi connectivity index (χ2v) is 7.38. The molecule has 2 aromatic rings. The zero-order valence-corrected chi connectivity index (χ0v) is 15.2. The Bertz CT molecular complexity index is 835. The molecule has 2 amide bonds. The smallest absolute Gasteiger partial charge is 0.242 e. The highest BCUT2D eigenvalue weighted by Gasteiger charge is 2.50. The molecule has 1 aromatic carbocycles. The lowest BCUT2D eigenvalue weighted by Crippen LogP contribution is -2.62. The topological polar surface area (TPSA) is 87.5 Å². The molecule has 2 fully saturated rings. The van der Waals surface area contributed by atoms with Gasteiger partial charge in [0.1, 0.15) is 12.4 Å². The number of aliphatic hydroxyl groups excluding tert-OH is 1. The minimum Gasteiger partial charge on any atom is -0.392 e. The average Bonchev–Trinajstić information content (AvgIpc) is 3.15. The first kappa shape index (κ1) is 17.7. The molecule has 4 rings (SSSR count). The molecule has 2 atom stereocenters. The van der Waals surface area contributed by atoms with Crippen LogP contribution >= 0.6 is 0 Å². The number of carbonyl (C=O) groups excluding carboxylic acids is 2. The zero-order valence-electron chi connectivity index (χ0n) is 15.2. The average molecular weight is 368 g/mol. The van der Waals surface area contributed by atoms with Gasteiger partial charge in [0.2, 0.25) is 11.8 Å². The van der Waals surface area contributed by atoms with Gasteiger partial charge in [0, 0.05) is 37.6 Å². The van der Waals surface area contributed by atoms with Crippen molar-refractivity contribution in [2.24, 2.45) is 5.41 Å². The molecule has 0 saturated carbocycles. The van der Waals surface area contributed by atoms with Gasteiger partial charge in [-0.1, -0.05) is 30.3 Å². The Kier molecular flexibility index (Phi) is 4.70. The molecule has 2 aliphatic heterocycles. The number of rotatable bonds is 3. The zero-order chi connectivity index (χ0) is 18.9. The first-order valence-corrected chi connectivity index (χ1v) is 9.41. The van der Waals surface area contributed by atoms with Gasteiger partial charge >= 0.3 is 0 Å². The van der Waals surface area contributed by atoms with Crippen LogP contribution in [-0.2, 0) is 16.1 Å². The van der Waals surface area contributed by atoms with E-state index in [9.17, 15) is 14.7 Å². The van der Waals surface area contributed by atoms with Gasteiger partial charge in [-0.05, 0) is 19.3 Å². The summed E-state index contributed by atoms with van der Waals surface area (Å²) < 4.78 is 1.83. The molecule has 1 spiro atoms. The first-order chi connectivity index (χ1) is 13.1. The number of aliphatic hydroxyl groups is 1. The van der Waals surface area contributed by atoms with Crippen molar-refractivity contribution in [2.45, 2.75) is 31.9 Å². The molecule has 2 saturated heterocycles. The SMILES string of the molecule is O=C(Cn1ccnc1-c1ccccc1)N1CC[C@H](O)[C@@]2(CCCNC2=O)C1. The van der Waals surface area contributed by atoms with E-state index in [2.05, 4.69) is 10.3 Å². The Morgan fingerprint density at radius 1 is 1.33 bits per heavy atom. The van der Waals surface area contributed by atoms with Gasteiger partial charge in [0.25, 0.3) is 0 Å². The van der Waals surface area contributed by atoms with E-state index in [0.717, 1.165) is 17.8 Å². The number of aromatic nitrogens is 2. The highest BCUT2D eigenvalue weighted by atomic mass is 16.3. The van der Waals surface area contributed by atoms with Crippen LogP contribution in [0.25, 0.3) is 11.4 Å². The summed E-state index contributed by atoms with van der Waals surface area (Å²) in [5, 5.41) is 13.3. The largest absolute Gasteiger partial charge is 0.392 e. The molecule has 1 aromatic heterocycles. The number of nitrogens with zero attached hydrogens (tertiary/aromatic N) is 3. The fourth-order valence-corrected chi connectivity index (χ4v) is 4.19. The lowest BCUT2D eigenvalue weighted by Gasteiger charge is -2.46. The summed E-state index contributed by atoms with van der Waals surface area (Å²) in [6.45, 7) is 1.54. The van der Waals surface area contributed by atoms with E-state index >= 15 is 0 Å². The van der Waals surface area contributed by atoms with E-state index in [-0.39, 0.29) is 24.9 Å². The molecule has 0 bridgehead atoms. The fourth-order valence-electron chi connectivity index (χ4n) is 4.19.